The normalized spacial score (nSPS) is 10.3. The van der Waals surface area contributed by atoms with Gasteiger partial charge in [0, 0.05) is 0 Å². The molecular weight excluding hydrogens is 288 g/mol. The summed E-state index contributed by atoms with van der Waals surface area (Å²) in [5.74, 6) is 10.5. The van der Waals surface area contributed by atoms with Crippen LogP contribution in [0.15, 0.2) is 0 Å². The lowest BCUT2D eigenvalue weighted by atomic mass is 10.1. The molecule has 22 heavy (non-hydrogen) atoms. The fourth-order valence-electron chi connectivity index (χ4n) is 1.13. The third-order valence-corrected chi connectivity index (χ3v) is 1.99. The monoisotopic (exact) mass is 310 g/mol. The molecule has 0 atom stereocenters. The van der Waals surface area contributed by atoms with Crippen molar-refractivity contribution in [3.05, 3.63) is 0 Å². The van der Waals surface area contributed by atoms with Crippen molar-refractivity contribution in [3.63, 3.8) is 0 Å². The molecule has 0 heterocycles. The van der Waals surface area contributed by atoms with Gasteiger partial charge in [-0.3, -0.25) is 0 Å². The minimum atomic E-state index is -1.03. The number of hydrogen-bond acceptors (Lipinski definition) is 6. The second-order valence-electron chi connectivity index (χ2n) is 5.09. The SMILES string of the molecule is CCOC(=O)OC(C)(C)C#CC#CC(C)(C)OC(=O)OCC. The van der Waals surface area contributed by atoms with Gasteiger partial charge in [-0.2, -0.15) is 0 Å². The molecule has 0 aromatic heterocycles. The fourth-order valence-corrected chi connectivity index (χ4v) is 1.13. The van der Waals surface area contributed by atoms with Gasteiger partial charge < -0.3 is 18.9 Å². The molecule has 0 fully saturated rings. The van der Waals surface area contributed by atoms with Gasteiger partial charge in [-0.25, -0.2) is 9.59 Å². The highest BCUT2D eigenvalue weighted by Crippen LogP contribution is 2.10. The van der Waals surface area contributed by atoms with E-state index in [-0.39, 0.29) is 13.2 Å². The van der Waals surface area contributed by atoms with Crippen LogP contribution in [0.5, 0.6) is 0 Å². The Morgan fingerprint density at radius 3 is 1.36 bits per heavy atom. The van der Waals surface area contributed by atoms with Gasteiger partial charge in [-0.05, 0) is 65.2 Å². The van der Waals surface area contributed by atoms with Gasteiger partial charge in [0.1, 0.15) is 0 Å². The van der Waals surface area contributed by atoms with Crippen LogP contribution in [0.4, 0.5) is 9.59 Å². The second-order valence-corrected chi connectivity index (χ2v) is 5.09. The highest BCUT2D eigenvalue weighted by atomic mass is 16.7. The minimum Gasteiger partial charge on any atom is -0.435 e. The van der Waals surface area contributed by atoms with Crippen LogP contribution in [0.2, 0.25) is 0 Å². The van der Waals surface area contributed by atoms with E-state index in [1.165, 1.54) is 0 Å². The highest BCUT2D eigenvalue weighted by molar-refractivity contribution is 5.61. The molecule has 0 rings (SSSR count). The highest BCUT2D eigenvalue weighted by Gasteiger charge is 2.22. The van der Waals surface area contributed by atoms with Crippen LogP contribution in [0, 0.1) is 23.7 Å². The maximum Gasteiger partial charge on any atom is 0.509 e. The Bertz CT molecular complexity index is 462. The average Bonchev–Trinajstić information content (AvgIpc) is 2.34. The lowest BCUT2D eigenvalue weighted by Gasteiger charge is -2.18. The molecule has 0 unspecified atom stereocenters. The maximum atomic E-state index is 11.2. The van der Waals surface area contributed by atoms with Crippen LogP contribution in [0.25, 0.3) is 0 Å². The predicted octanol–water partition coefficient (Wildman–Crippen LogP) is 2.90. The van der Waals surface area contributed by atoms with Crippen LogP contribution in [0.3, 0.4) is 0 Å². The Kier molecular flexibility index (Phi) is 7.90. The number of hydrogen-bond donors (Lipinski definition) is 0. The topological polar surface area (TPSA) is 71.1 Å². The molecule has 6 nitrogen and oxygen atoms in total. The van der Waals surface area contributed by atoms with E-state index in [1.54, 1.807) is 41.5 Å². The molecule has 6 heteroatoms. The summed E-state index contributed by atoms with van der Waals surface area (Å²) >= 11 is 0. The molecule has 0 bridgehead atoms. The zero-order chi connectivity index (χ0) is 17.2. The molecule has 0 saturated heterocycles. The van der Waals surface area contributed by atoms with Crippen molar-refractivity contribution in [2.45, 2.75) is 52.7 Å². The van der Waals surface area contributed by atoms with Crippen LogP contribution in [-0.2, 0) is 18.9 Å². The zero-order valence-electron chi connectivity index (χ0n) is 13.9. The van der Waals surface area contributed by atoms with Gasteiger partial charge in [-0.1, -0.05) is 0 Å². The van der Waals surface area contributed by atoms with Crippen LogP contribution in [-0.4, -0.2) is 36.7 Å². The maximum absolute atomic E-state index is 11.2. The van der Waals surface area contributed by atoms with Gasteiger partial charge >= 0.3 is 12.3 Å². The summed E-state index contributed by atoms with van der Waals surface area (Å²) < 4.78 is 19.3. The molecule has 0 aliphatic carbocycles. The van der Waals surface area contributed by atoms with Gasteiger partial charge in [0.05, 0.1) is 13.2 Å². The summed E-state index contributed by atoms with van der Waals surface area (Å²) in [6, 6.07) is 0. The molecule has 0 aliphatic rings. The van der Waals surface area contributed by atoms with Crippen molar-refractivity contribution in [2.24, 2.45) is 0 Å². The van der Waals surface area contributed by atoms with Crippen LogP contribution in [0.1, 0.15) is 41.5 Å². The van der Waals surface area contributed by atoms with Crippen molar-refractivity contribution in [3.8, 4) is 23.7 Å². The van der Waals surface area contributed by atoms with Crippen molar-refractivity contribution in [1.29, 1.82) is 0 Å². The first-order chi connectivity index (χ1) is 10.1. The first-order valence-corrected chi connectivity index (χ1v) is 6.87. The summed E-state index contributed by atoms with van der Waals surface area (Å²) in [7, 11) is 0. The third-order valence-electron chi connectivity index (χ3n) is 1.99. The molecule has 0 aliphatic heterocycles. The summed E-state index contributed by atoms with van der Waals surface area (Å²) in [5, 5.41) is 0. The van der Waals surface area contributed by atoms with Crippen molar-refractivity contribution >= 4 is 12.3 Å². The van der Waals surface area contributed by atoms with E-state index in [9.17, 15) is 9.59 Å². The van der Waals surface area contributed by atoms with Crippen LogP contribution < -0.4 is 0 Å². The number of carbonyl (C=O) groups excluding carboxylic acids is 2. The molecule has 0 radical (unpaired) electrons. The first kappa shape index (κ1) is 19.7. The Morgan fingerprint density at radius 2 is 1.09 bits per heavy atom. The number of rotatable bonds is 4. The van der Waals surface area contributed by atoms with E-state index in [2.05, 4.69) is 33.2 Å². The van der Waals surface area contributed by atoms with Gasteiger partial charge in [0.15, 0.2) is 11.2 Å². The van der Waals surface area contributed by atoms with Gasteiger partial charge in [0.2, 0.25) is 0 Å². The molecule has 0 aromatic rings. The van der Waals surface area contributed by atoms with Crippen molar-refractivity contribution < 1.29 is 28.5 Å². The molecule has 122 valence electrons. The smallest absolute Gasteiger partial charge is 0.435 e. The van der Waals surface area contributed by atoms with E-state index in [0.717, 1.165) is 0 Å². The zero-order valence-corrected chi connectivity index (χ0v) is 13.9. The largest absolute Gasteiger partial charge is 0.509 e. The number of ether oxygens (including phenoxy) is 4. The quantitative estimate of drug-likeness (QED) is 0.587. The molecule has 0 amide bonds. The molecule has 0 saturated carbocycles. The van der Waals surface area contributed by atoms with E-state index in [1.807, 2.05) is 0 Å². The van der Waals surface area contributed by atoms with E-state index < -0.39 is 23.5 Å². The average molecular weight is 310 g/mol. The standard InChI is InChI=1S/C16H22O6/c1-7-19-13(17)21-15(3,4)11-9-10-12-16(5,6)22-14(18)20-8-2/h7-8H2,1-6H3. The van der Waals surface area contributed by atoms with Crippen molar-refractivity contribution in [1.82, 2.24) is 0 Å². The first-order valence-electron chi connectivity index (χ1n) is 6.87. The molecular formula is C16H22O6. The van der Waals surface area contributed by atoms with Crippen molar-refractivity contribution in [2.75, 3.05) is 13.2 Å². The lowest BCUT2D eigenvalue weighted by molar-refractivity contribution is 0.0111. The molecule has 0 N–H and O–H groups in total. The minimum absolute atomic E-state index is 0.224. The van der Waals surface area contributed by atoms with E-state index in [0.29, 0.717) is 0 Å². The van der Waals surface area contributed by atoms with E-state index in [4.69, 9.17) is 9.47 Å². The lowest BCUT2D eigenvalue weighted by Crippen LogP contribution is -2.27. The second kappa shape index (κ2) is 8.84. The Hall–Kier alpha value is -2.34. The van der Waals surface area contributed by atoms with Gasteiger partial charge in [0.25, 0.3) is 0 Å². The van der Waals surface area contributed by atoms with E-state index >= 15 is 0 Å². The fraction of sp³-hybridized carbons (Fsp3) is 0.625. The molecule has 0 aromatic carbocycles. The number of carbonyl (C=O) groups is 2. The Balaban J connectivity index is 4.67. The van der Waals surface area contributed by atoms with Crippen LogP contribution >= 0.6 is 0 Å². The molecule has 0 spiro atoms. The summed E-state index contributed by atoms with van der Waals surface area (Å²) in [6.07, 6.45) is -1.58. The predicted molar refractivity (Wildman–Crippen MR) is 79.9 cm³/mol. The summed E-state index contributed by atoms with van der Waals surface area (Å²) in [5.41, 5.74) is -2.07. The summed E-state index contributed by atoms with van der Waals surface area (Å²) in [6.45, 7) is 10.2. The summed E-state index contributed by atoms with van der Waals surface area (Å²) in [4.78, 5) is 22.4. The Morgan fingerprint density at radius 1 is 0.773 bits per heavy atom. The Labute approximate surface area is 131 Å². The van der Waals surface area contributed by atoms with Gasteiger partial charge in [-0.15, -0.1) is 0 Å². The third kappa shape index (κ3) is 9.55.